The summed E-state index contributed by atoms with van der Waals surface area (Å²) in [5, 5.41) is 0. The number of rotatable bonds is 4. The van der Waals surface area contributed by atoms with Gasteiger partial charge in [-0.15, -0.1) is 0 Å². The van der Waals surface area contributed by atoms with Crippen molar-refractivity contribution in [3.05, 3.63) is 72.6 Å². The van der Waals surface area contributed by atoms with E-state index in [9.17, 15) is 13.2 Å². The molecule has 0 fully saturated rings. The second-order valence-electron chi connectivity index (χ2n) is 3.92. The lowest BCUT2D eigenvalue weighted by Crippen LogP contribution is -2.26. The molecule has 0 aliphatic heterocycles. The fraction of sp³-hybridized carbons (Fsp3) is 0.0667. The Morgan fingerprint density at radius 1 is 1.00 bits per heavy atom. The zero-order valence-corrected chi connectivity index (χ0v) is 9.95. The number of halogens is 3. The molecule has 0 atom stereocenters. The average molecular weight is 264 g/mol. The molecular weight excluding hydrogens is 253 g/mol. The first-order chi connectivity index (χ1) is 8.99. The summed E-state index contributed by atoms with van der Waals surface area (Å²) in [6.07, 6.45) is -3.60. The zero-order chi connectivity index (χ0) is 13.9. The van der Waals surface area contributed by atoms with E-state index in [1.807, 2.05) is 0 Å². The van der Waals surface area contributed by atoms with Gasteiger partial charge >= 0.3 is 6.11 Å². The summed E-state index contributed by atoms with van der Waals surface area (Å²) < 4.78 is 45.2. The number of hydrogen-bond acceptors (Lipinski definition) is 1. The van der Waals surface area contributed by atoms with Gasteiger partial charge in [-0.2, -0.15) is 8.78 Å². The Hall–Kier alpha value is -2.23. The number of ether oxygens (including phenoxy) is 1. The average Bonchev–Trinajstić information content (AvgIpc) is 2.38. The van der Waals surface area contributed by atoms with Crippen molar-refractivity contribution in [1.29, 1.82) is 0 Å². The van der Waals surface area contributed by atoms with Gasteiger partial charge < -0.3 is 4.74 Å². The van der Waals surface area contributed by atoms with Crippen LogP contribution in [0.1, 0.15) is 5.56 Å². The van der Waals surface area contributed by atoms with Crippen LogP contribution < -0.4 is 4.74 Å². The van der Waals surface area contributed by atoms with Gasteiger partial charge in [-0.1, -0.05) is 43.0 Å². The van der Waals surface area contributed by atoms with Gasteiger partial charge in [-0.05, 0) is 17.7 Å². The molecule has 0 amide bonds. The highest BCUT2D eigenvalue weighted by Crippen LogP contribution is 2.33. The van der Waals surface area contributed by atoms with Crippen molar-refractivity contribution in [3.8, 4) is 5.75 Å². The van der Waals surface area contributed by atoms with Gasteiger partial charge in [0.05, 0.1) is 5.57 Å². The maximum atomic E-state index is 13.9. The highest BCUT2D eigenvalue weighted by molar-refractivity contribution is 5.67. The van der Waals surface area contributed by atoms with E-state index >= 15 is 0 Å². The van der Waals surface area contributed by atoms with Gasteiger partial charge in [0.15, 0.2) is 0 Å². The Balaban J connectivity index is 2.21. The van der Waals surface area contributed by atoms with Crippen molar-refractivity contribution in [2.75, 3.05) is 0 Å². The summed E-state index contributed by atoms with van der Waals surface area (Å²) in [5.74, 6) is -0.888. The van der Waals surface area contributed by atoms with Crippen LogP contribution in [0.2, 0.25) is 0 Å². The summed E-state index contributed by atoms with van der Waals surface area (Å²) in [7, 11) is 0. The Labute approximate surface area is 109 Å². The molecule has 19 heavy (non-hydrogen) atoms. The van der Waals surface area contributed by atoms with Crippen molar-refractivity contribution in [1.82, 2.24) is 0 Å². The van der Waals surface area contributed by atoms with Gasteiger partial charge in [-0.3, -0.25) is 0 Å². The quantitative estimate of drug-likeness (QED) is 0.789. The van der Waals surface area contributed by atoms with Gasteiger partial charge in [0.25, 0.3) is 0 Å². The van der Waals surface area contributed by atoms with Gasteiger partial charge in [0.2, 0.25) is 0 Å². The lowest BCUT2D eigenvalue weighted by Gasteiger charge is -2.20. The molecule has 4 heteroatoms. The van der Waals surface area contributed by atoms with Gasteiger partial charge in [-0.25, -0.2) is 4.39 Å². The molecule has 0 heterocycles. The van der Waals surface area contributed by atoms with E-state index < -0.39 is 17.5 Å². The third kappa shape index (κ3) is 3.16. The molecule has 98 valence electrons. The Morgan fingerprint density at radius 2 is 1.68 bits per heavy atom. The molecular formula is C15H11F3O. The van der Waals surface area contributed by atoms with Crippen LogP contribution >= 0.6 is 0 Å². The van der Waals surface area contributed by atoms with Crippen LogP contribution in [0.4, 0.5) is 13.2 Å². The zero-order valence-electron chi connectivity index (χ0n) is 9.95. The Bertz CT molecular complexity index is 579. The van der Waals surface area contributed by atoms with Crippen LogP contribution in [-0.4, -0.2) is 6.11 Å². The predicted molar refractivity (Wildman–Crippen MR) is 67.5 cm³/mol. The summed E-state index contributed by atoms with van der Waals surface area (Å²) in [6.45, 7) is 3.35. The lowest BCUT2D eigenvalue weighted by molar-refractivity contribution is -0.121. The van der Waals surface area contributed by atoms with E-state index in [2.05, 4.69) is 11.3 Å². The molecule has 0 aliphatic carbocycles. The number of benzene rings is 2. The van der Waals surface area contributed by atoms with Crippen LogP contribution in [0.3, 0.4) is 0 Å². The number of hydrogen-bond donors (Lipinski definition) is 0. The monoisotopic (exact) mass is 264 g/mol. The van der Waals surface area contributed by atoms with Crippen molar-refractivity contribution in [3.63, 3.8) is 0 Å². The highest BCUT2D eigenvalue weighted by Gasteiger charge is 2.36. The van der Waals surface area contributed by atoms with Crippen LogP contribution in [0.25, 0.3) is 5.57 Å². The molecule has 0 saturated heterocycles. The van der Waals surface area contributed by atoms with E-state index in [-0.39, 0.29) is 11.3 Å². The number of alkyl halides is 2. The topological polar surface area (TPSA) is 9.23 Å². The minimum Gasteiger partial charge on any atom is -0.429 e. The molecule has 0 saturated carbocycles. The molecule has 0 aromatic heterocycles. The molecule has 0 N–H and O–H groups in total. The van der Waals surface area contributed by atoms with Crippen LogP contribution in [0.5, 0.6) is 5.75 Å². The smallest absolute Gasteiger partial charge is 0.426 e. The third-order valence-electron chi connectivity index (χ3n) is 2.52. The maximum absolute atomic E-state index is 13.9. The van der Waals surface area contributed by atoms with Crippen LogP contribution in [0.15, 0.2) is 61.2 Å². The van der Waals surface area contributed by atoms with Gasteiger partial charge in [0.1, 0.15) is 11.6 Å². The fourth-order valence-electron chi connectivity index (χ4n) is 1.55. The standard InChI is InChI=1S/C15H11F3O/c1-11(12-6-3-2-4-7-12)15(17,18)19-14-9-5-8-13(16)10-14/h2-10H,1H2. The van der Waals surface area contributed by atoms with Crippen LogP contribution in [-0.2, 0) is 0 Å². The highest BCUT2D eigenvalue weighted by atomic mass is 19.3. The Kier molecular flexibility index (Phi) is 3.60. The second-order valence-corrected chi connectivity index (χ2v) is 3.92. The summed E-state index contributed by atoms with van der Waals surface area (Å²) in [4.78, 5) is 0. The molecule has 1 nitrogen and oxygen atoms in total. The first kappa shape index (κ1) is 13.2. The van der Waals surface area contributed by atoms with Crippen molar-refractivity contribution >= 4 is 5.57 Å². The largest absolute Gasteiger partial charge is 0.429 e. The molecule has 0 radical (unpaired) electrons. The molecule has 2 rings (SSSR count). The summed E-state index contributed by atoms with van der Waals surface area (Å²) >= 11 is 0. The summed E-state index contributed by atoms with van der Waals surface area (Å²) in [6, 6.07) is 12.6. The first-order valence-electron chi connectivity index (χ1n) is 5.56. The lowest BCUT2D eigenvalue weighted by atomic mass is 10.1. The fourth-order valence-corrected chi connectivity index (χ4v) is 1.55. The van der Waals surface area contributed by atoms with Crippen LogP contribution in [0, 0.1) is 5.82 Å². The van der Waals surface area contributed by atoms with Crippen molar-refractivity contribution < 1.29 is 17.9 Å². The van der Waals surface area contributed by atoms with E-state index in [1.165, 1.54) is 24.3 Å². The van der Waals surface area contributed by atoms with Crippen molar-refractivity contribution in [2.45, 2.75) is 6.11 Å². The molecule has 0 bridgehead atoms. The van der Waals surface area contributed by atoms with E-state index in [0.29, 0.717) is 0 Å². The summed E-state index contributed by atoms with van der Waals surface area (Å²) in [5.41, 5.74) is -0.207. The first-order valence-corrected chi connectivity index (χ1v) is 5.56. The molecule has 0 aliphatic rings. The predicted octanol–water partition coefficient (Wildman–Crippen LogP) is 4.51. The van der Waals surface area contributed by atoms with Crippen molar-refractivity contribution in [2.24, 2.45) is 0 Å². The SMILES string of the molecule is C=C(c1ccccc1)C(F)(F)Oc1cccc(F)c1. The van der Waals surface area contributed by atoms with Gasteiger partial charge in [0, 0.05) is 6.07 Å². The Morgan fingerprint density at radius 3 is 2.32 bits per heavy atom. The minimum absolute atomic E-state index is 0.248. The molecule has 2 aromatic carbocycles. The molecule has 0 spiro atoms. The van der Waals surface area contributed by atoms with E-state index in [1.54, 1.807) is 18.2 Å². The third-order valence-corrected chi connectivity index (χ3v) is 2.52. The van der Waals surface area contributed by atoms with E-state index in [0.717, 1.165) is 12.1 Å². The minimum atomic E-state index is -3.60. The molecule has 0 unspecified atom stereocenters. The maximum Gasteiger partial charge on any atom is 0.426 e. The van der Waals surface area contributed by atoms with E-state index in [4.69, 9.17) is 0 Å². The normalized spacial score (nSPS) is 11.1. The molecule has 2 aromatic rings. The second kappa shape index (κ2) is 5.18.